The highest BCUT2D eigenvalue weighted by molar-refractivity contribution is 5.33. The average molecular weight is 295 g/mol. The molecule has 0 aliphatic rings. The van der Waals surface area contributed by atoms with Crippen LogP contribution in [0.25, 0.3) is 0 Å². The third-order valence-electron chi connectivity index (χ3n) is 3.39. The number of imidazole rings is 1. The van der Waals surface area contributed by atoms with Crippen LogP contribution in [-0.4, -0.2) is 19.1 Å². The third-order valence-corrected chi connectivity index (χ3v) is 3.39. The highest BCUT2D eigenvalue weighted by Crippen LogP contribution is 2.08. The van der Waals surface area contributed by atoms with Crippen molar-refractivity contribution in [2.24, 2.45) is 7.05 Å². The lowest BCUT2D eigenvalue weighted by atomic mass is 10.1. The number of nitrogens with zero attached hydrogens (tertiary/aromatic N) is 4. The van der Waals surface area contributed by atoms with Crippen LogP contribution in [0.15, 0.2) is 60.2 Å². The van der Waals surface area contributed by atoms with Crippen molar-refractivity contribution in [2.75, 3.05) is 5.32 Å². The molecule has 0 unspecified atom stereocenters. The molecular formula is C16H17N5O. The van der Waals surface area contributed by atoms with Crippen molar-refractivity contribution in [2.45, 2.75) is 13.1 Å². The Morgan fingerprint density at radius 2 is 2.05 bits per heavy atom. The molecule has 0 amide bonds. The number of rotatable bonds is 5. The monoisotopic (exact) mass is 295 g/mol. The maximum absolute atomic E-state index is 11.9. The maximum atomic E-state index is 11.9. The summed E-state index contributed by atoms with van der Waals surface area (Å²) in [7, 11) is 1.71. The number of anilines is 1. The van der Waals surface area contributed by atoms with Crippen molar-refractivity contribution in [3.8, 4) is 0 Å². The summed E-state index contributed by atoms with van der Waals surface area (Å²) < 4.78 is 3.52. The van der Waals surface area contributed by atoms with Gasteiger partial charge >= 0.3 is 0 Å². The van der Waals surface area contributed by atoms with Crippen LogP contribution in [0.3, 0.4) is 0 Å². The van der Waals surface area contributed by atoms with Crippen molar-refractivity contribution in [1.82, 2.24) is 19.1 Å². The van der Waals surface area contributed by atoms with Crippen molar-refractivity contribution in [3.63, 3.8) is 0 Å². The SMILES string of the molecule is Cn1ccnc(NCc2cccc(Cn3ccnc3)c2)c1=O. The predicted octanol–water partition coefficient (Wildman–Crippen LogP) is 1.64. The van der Waals surface area contributed by atoms with Crippen LogP contribution in [-0.2, 0) is 20.1 Å². The zero-order valence-electron chi connectivity index (χ0n) is 12.3. The van der Waals surface area contributed by atoms with Gasteiger partial charge in [-0.05, 0) is 11.1 Å². The molecule has 3 rings (SSSR count). The van der Waals surface area contributed by atoms with Crippen molar-refractivity contribution in [1.29, 1.82) is 0 Å². The van der Waals surface area contributed by atoms with Gasteiger partial charge in [0.2, 0.25) is 0 Å². The molecule has 0 atom stereocenters. The molecule has 2 heterocycles. The van der Waals surface area contributed by atoms with Gasteiger partial charge in [0.15, 0.2) is 5.82 Å². The second kappa shape index (κ2) is 6.26. The topological polar surface area (TPSA) is 64.7 Å². The van der Waals surface area contributed by atoms with Gasteiger partial charge in [-0.25, -0.2) is 9.97 Å². The van der Waals surface area contributed by atoms with Gasteiger partial charge in [0.25, 0.3) is 5.56 Å². The lowest BCUT2D eigenvalue weighted by Crippen LogP contribution is -2.21. The Morgan fingerprint density at radius 1 is 1.18 bits per heavy atom. The third kappa shape index (κ3) is 3.22. The number of hydrogen-bond acceptors (Lipinski definition) is 4. The molecule has 112 valence electrons. The van der Waals surface area contributed by atoms with Crippen molar-refractivity contribution >= 4 is 5.82 Å². The summed E-state index contributed by atoms with van der Waals surface area (Å²) in [5.41, 5.74) is 2.16. The molecule has 0 spiro atoms. The van der Waals surface area contributed by atoms with Gasteiger partial charge in [0, 0.05) is 44.9 Å². The molecular weight excluding hydrogens is 278 g/mol. The number of hydrogen-bond donors (Lipinski definition) is 1. The van der Waals surface area contributed by atoms with E-state index in [1.807, 2.05) is 22.9 Å². The molecule has 0 fully saturated rings. The first-order chi connectivity index (χ1) is 10.7. The van der Waals surface area contributed by atoms with E-state index in [-0.39, 0.29) is 5.56 Å². The van der Waals surface area contributed by atoms with Gasteiger partial charge in [0.1, 0.15) is 0 Å². The van der Waals surface area contributed by atoms with Gasteiger partial charge in [-0.3, -0.25) is 4.79 Å². The average Bonchev–Trinajstić information content (AvgIpc) is 3.02. The second-order valence-corrected chi connectivity index (χ2v) is 5.10. The quantitative estimate of drug-likeness (QED) is 0.777. The molecule has 1 aromatic carbocycles. The number of nitrogens with one attached hydrogen (secondary N) is 1. The first kappa shape index (κ1) is 14.1. The fraction of sp³-hybridized carbons (Fsp3) is 0.188. The molecule has 22 heavy (non-hydrogen) atoms. The Labute approximate surface area is 128 Å². The largest absolute Gasteiger partial charge is 0.361 e. The number of benzene rings is 1. The van der Waals surface area contributed by atoms with Crippen LogP contribution in [0.5, 0.6) is 0 Å². The number of aromatic nitrogens is 4. The Balaban J connectivity index is 1.70. The Bertz CT molecular complexity index is 807. The van der Waals surface area contributed by atoms with Gasteiger partial charge in [0.05, 0.1) is 6.33 Å². The standard InChI is InChI=1S/C16H17N5O/c1-20-7-6-18-15(16(20)22)19-10-13-3-2-4-14(9-13)11-21-8-5-17-12-21/h2-9,12H,10-11H2,1H3,(H,18,19). The molecule has 0 aliphatic heterocycles. The minimum atomic E-state index is -0.128. The van der Waals surface area contributed by atoms with Crippen molar-refractivity contribution < 1.29 is 0 Å². The fourth-order valence-corrected chi connectivity index (χ4v) is 2.23. The van der Waals surface area contributed by atoms with E-state index >= 15 is 0 Å². The normalized spacial score (nSPS) is 10.6. The molecule has 0 aliphatic carbocycles. The van der Waals surface area contributed by atoms with Crippen LogP contribution in [0.4, 0.5) is 5.82 Å². The summed E-state index contributed by atoms with van der Waals surface area (Å²) >= 11 is 0. The van der Waals surface area contributed by atoms with E-state index in [2.05, 4.69) is 27.4 Å². The van der Waals surface area contributed by atoms with Crippen LogP contribution in [0.2, 0.25) is 0 Å². The van der Waals surface area contributed by atoms with Gasteiger partial charge in [-0.1, -0.05) is 24.3 Å². The lowest BCUT2D eigenvalue weighted by molar-refractivity contribution is 0.795. The second-order valence-electron chi connectivity index (χ2n) is 5.10. The minimum absolute atomic E-state index is 0.128. The van der Waals surface area contributed by atoms with Crippen molar-refractivity contribution in [3.05, 3.63) is 76.9 Å². The van der Waals surface area contributed by atoms with Gasteiger partial charge < -0.3 is 14.5 Å². The molecule has 6 nitrogen and oxygen atoms in total. The van der Waals surface area contributed by atoms with E-state index in [9.17, 15) is 4.79 Å². The summed E-state index contributed by atoms with van der Waals surface area (Å²) in [6.45, 7) is 1.34. The first-order valence-electron chi connectivity index (χ1n) is 7.01. The van der Waals surface area contributed by atoms with E-state index in [1.165, 1.54) is 10.1 Å². The maximum Gasteiger partial charge on any atom is 0.293 e. The van der Waals surface area contributed by atoms with E-state index in [4.69, 9.17) is 0 Å². The Hall–Kier alpha value is -2.89. The van der Waals surface area contributed by atoms with Crippen LogP contribution in [0.1, 0.15) is 11.1 Å². The number of aryl methyl sites for hydroxylation is 1. The van der Waals surface area contributed by atoms with E-state index < -0.39 is 0 Å². The van der Waals surface area contributed by atoms with Crippen LogP contribution in [0, 0.1) is 0 Å². The molecule has 0 radical (unpaired) electrons. The zero-order chi connectivity index (χ0) is 15.4. The summed E-state index contributed by atoms with van der Waals surface area (Å²) in [6, 6.07) is 8.22. The summed E-state index contributed by atoms with van der Waals surface area (Å²) in [4.78, 5) is 20.0. The zero-order valence-corrected chi connectivity index (χ0v) is 12.3. The molecule has 0 saturated carbocycles. The molecule has 0 saturated heterocycles. The molecule has 6 heteroatoms. The highest BCUT2D eigenvalue weighted by atomic mass is 16.1. The Kier molecular flexibility index (Phi) is 4.00. The Morgan fingerprint density at radius 3 is 2.86 bits per heavy atom. The van der Waals surface area contributed by atoms with Crippen LogP contribution < -0.4 is 10.9 Å². The predicted molar refractivity (Wildman–Crippen MR) is 84.6 cm³/mol. The molecule has 3 aromatic rings. The molecule has 1 N–H and O–H groups in total. The molecule has 2 aromatic heterocycles. The summed E-state index contributed by atoms with van der Waals surface area (Å²) in [5, 5.41) is 3.09. The lowest BCUT2D eigenvalue weighted by Gasteiger charge is -2.08. The highest BCUT2D eigenvalue weighted by Gasteiger charge is 2.03. The summed E-state index contributed by atoms with van der Waals surface area (Å²) in [5.74, 6) is 0.366. The first-order valence-corrected chi connectivity index (χ1v) is 7.01. The minimum Gasteiger partial charge on any atom is -0.361 e. The van der Waals surface area contributed by atoms with E-state index in [0.717, 1.165) is 12.1 Å². The summed E-state index contributed by atoms with van der Waals surface area (Å²) in [6.07, 6.45) is 8.74. The van der Waals surface area contributed by atoms with Gasteiger partial charge in [-0.2, -0.15) is 0 Å². The van der Waals surface area contributed by atoms with E-state index in [0.29, 0.717) is 12.4 Å². The van der Waals surface area contributed by atoms with Crippen LogP contribution >= 0.6 is 0 Å². The fourth-order valence-electron chi connectivity index (χ4n) is 2.23. The smallest absolute Gasteiger partial charge is 0.293 e. The molecule has 0 bridgehead atoms. The van der Waals surface area contributed by atoms with E-state index in [1.54, 1.807) is 32.0 Å². The van der Waals surface area contributed by atoms with Gasteiger partial charge in [-0.15, -0.1) is 0 Å².